The molecule has 1 aromatic carbocycles. The second-order valence-electron chi connectivity index (χ2n) is 5.83. The zero-order valence-electron chi connectivity index (χ0n) is 12.2. The summed E-state index contributed by atoms with van der Waals surface area (Å²) >= 11 is 0. The maximum Gasteiger partial charge on any atom is 0.241 e. The zero-order valence-corrected chi connectivity index (χ0v) is 12.2. The minimum atomic E-state index is -0.282. The molecule has 1 N–H and O–H groups in total. The number of hydrogen-bond acceptors (Lipinski definition) is 3. The average molecular weight is 292 g/mol. The van der Waals surface area contributed by atoms with E-state index in [-0.39, 0.29) is 30.0 Å². The second kappa shape index (κ2) is 6.12. The monoisotopic (exact) mass is 292 g/mol. The highest BCUT2D eigenvalue weighted by atomic mass is 19.1. The molecule has 4 nitrogen and oxygen atoms in total. The number of halogens is 1. The summed E-state index contributed by atoms with van der Waals surface area (Å²) in [6.45, 7) is 3.17. The third-order valence-electron chi connectivity index (χ3n) is 4.21. The van der Waals surface area contributed by atoms with Gasteiger partial charge in [0, 0.05) is 13.2 Å². The first-order valence-corrected chi connectivity index (χ1v) is 7.59. The molecule has 0 radical (unpaired) electrons. The van der Waals surface area contributed by atoms with Gasteiger partial charge in [-0.2, -0.15) is 0 Å². The van der Waals surface area contributed by atoms with E-state index in [1.54, 1.807) is 11.0 Å². The van der Waals surface area contributed by atoms with E-state index in [2.05, 4.69) is 5.32 Å². The van der Waals surface area contributed by atoms with Crippen LogP contribution in [0.4, 0.5) is 4.39 Å². The number of hydrogen-bond donors (Lipinski definition) is 1. The first-order valence-electron chi connectivity index (χ1n) is 7.59. The van der Waals surface area contributed by atoms with Crippen LogP contribution in [0.3, 0.4) is 0 Å². The Morgan fingerprint density at radius 1 is 1.43 bits per heavy atom. The van der Waals surface area contributed by atoms with Crippen molar-refractivity contribution in [3.8, 4) is 0 Å². The number of nitrogens with zero attached hydrogens (tertiary/aromatic N) is 1. The van der Waals surface area contributed by atoms with Gasteiger partial charge in [0.15, 0.2) is 0 Å². The topological polar surface area (TPSA) is 41.6 Å². The van der Waals surface area contributed by atoms with E-state index in [1.165, 1.54) is 12.1 Å². The quantitative estimate of drug-likeness (QED) is 0.929. The summed E-state index contributed by atoms with van der Waals surface area (Å²) in [7, 11) is 0. The molecule has 2 aliphatic heterocycles. The highest BCUT2D eigenvalue weighted by Gasteiger charge is 2.38. The van der Waals surface area contributed by atoms with Crippen LogP contribution >= 0.6 is 0 Å². The largest absolute Gasteiger partial charge is 0.376 e. The highest BCUT2D eigenvalue weighted by Crippen LogP contribution is 2.27. The Morgan fingerprint density at radius 3 is 3.00 bits per heavy atom. The van der Waals surface area contributed by atoms with Gasteiger partial charge < -0.3 is 9.64 Å². The van der Waals surface area contributed by atoms with E-state index in [0.717, 1.165) is 31.4 Å². The van der Waals surface area contributed by atoms with Crippen LogP contribution in [0.15, 0.2) is 24.3 Å². The summed E-state index contributed by atoms with van der Waals surface area (Å²) < 4.78 is 19.2. The Bertz CT molecular complexity index is 517. The molecular weight excluding hydrogens is 271 g/mol. The molecule has 2 saturated heterocycles. The minimum absolute atomic E-state index is 0.0541. The summed E-state index contributed by atoms with van der Waals surface area (Å²) in [5, 5.41) is 3.24. The van der Waals surface area contributed by atoms with Crippen molar-refractivity contribution in [3.05, 3.63) is 35.6 Å². The predicted molar refractivity (Wildman–Crippen MR) is 77.0 cm³/mol. The summed E-state index contributed by atoms with van der Waals surface area (Å²) in [6, 6.07) is 6.17. The molecular formula is C16H21FN2O2. The van der Waals surface area contributed by atoms with Crippen LogP contribution in [0.5, 0.6) is 0 Å². The third kappa shape index (κ3) is 3.09. The molecule has 0 aliphatic carbocycles. The van der Waals surface area contributed by atoms with Crippen LogP contribution in [-0.2, 0) is 9.53 Å². The Balaban J connectivity index is 1.78. The van der Waals surface area contributed by atoms with Crippen LogP contribution in [-0.4, -0.2) is 36.1 Å². The van der Waals surface area contributed by atoms with E-state index in [9.17, 15) is 9.18 Å². The predicted octanol–water partition coefficient (Wildman–Crippen LogP) is 2.21. The molecule has 114 valence electrons. The van der Waals surface area contributed by atoms with Gasteiger partial charge in [0.2, 0.25) is 5.91 Å². The van der Waals surface area contributed by atoms with Crippen molar-refractivity contribution in [1.82, 2.24) is 10.2 Å². The van der Waals surface area contributed by atoms with Crippen molar-refractivity contribution in [1.29, 1.82) is 0 Å². The SMILES string of the molecule is CC1NC(c2cccc(F)c2)N(CC2CCCCO2)C1=O. The molecule has 2 heterocycles. The van der Waals surface area contributed by atoms with Gasteiger partial charge in [-0.05, 0) is 43.9 Å². The lowest BCUT2D eigenvalue weighted by atomic mass is 10.1. The van der Waals surface area contributed by atoms with Crippen molar-refractivity contribution in [2.45, 2.75) is 44.5 Å². The van der Waals surface area contributed by atoms with Crippen LogP contribution in [0.2, 0.25) is 0 Å². The molecule has 3 atom stereocenters. The van der Waals surface area contributed by atoms with Crippen molar-refractivity contribution < 1.29 is 13.9 Å². The van der Waals surface area contributed by atoms with E-state index < -0.39 is 0 Å². The fourth-order valence-corrected chi connectivity index (χ4v) is 3.09. The van der Waals surface area contributed by atoms with Gasteiger partial charge >= 0.3 is 0 Å². The fraction of sp³-hybridized carbons (Fsp3) is 0.562. The van der Waals surface area contributed by atoms with E-state index in [1.807, 2.05) is 13.0 Å². The molecule has 3 unspecified atom stereocenters. The molecule has 0 bridgehead atoms. The Hall–Kier alpha value is -1.46. The van der Waals surface area contributed by atoms with Gasteiger partial charge in [-0.1, -0.05) is 12.1 Å². The molecule has 0 aromatic heterocycles. The molecule has 2 fully saturated rings. The maximum absolute atomic E-state index is 13.4. The first kappa shape index (κ1) is 14.5. The van der Waals surface area contributed by atoms with Gasteiger partial charge in [-0.3, -0.25) is 10.1 Å². The van der Waals surface area contributed by atoms with Crippen LogP contribution in [0, 0.1) is 5.82 Å². The van der Waals surface area contributed by atoms with E-state index in [4.69, 9.17) is 4.74 Å². The van der Waals surface area contributed by atoms with E-state index >= 15 is 0 Å². The maximum atomic E-state index is 13.4. The molecule has 0 spiro atoms. The van der Waals surface area contributed by atoms with Crippen LogP contribution in [0.1, 0.15) is 37.9 Å². The lowest BCUT2D eigenvalue weighted by molar-refractivity contribution is -0.132. The second-order valence-corrected chi connectivity index (χ2v) is 5.83. The molecule has 1 aromatic rings. The number of benzene rings is 1. The number of nitrogens with one attached hydrogen (secondary N) is 1. The standard InChI is InChI=1S/C16H21FN2O2/c1-11-16(20)19(10-14-7-2-3-8-21-14)15(18-11)12-5-4-6-13(17)9-12/h4-6,9,11,14-15,18H,2-3,7-8,10H2,1H3. The Kier molecular flexibility index (Phi) is 4.22. The van der Waals surface area contributed by atoms with Crippen molar-refractivity contribution in [2.75, 3.05) is 13.2 Å². The third-order valence-corrected chi connectivity index (χ3v) is 4.21. The van der Waals surface area contributed by atoms with Gasteiger partial charge in [0.25, 0.3) is 0 Å². The van der Waals surface area contributed by atoms with Crippen molar-refractivity contribution >= 4 is 5.91 Å². The number of carbonyl (C=O) groups excluding carboxylic acids is 1. The van der Waals surface area contributed by atoms with Crippen molar-refractivity contribution in [2.24, 2.45) is 0 Å². The van der Waals surface area contributed by atoms with Crippen LogP contribution < -0.4 is 5.32 Å². The highest BCUT2D eigenvalue weighted by molar-refractivity contribution is 5.84. The zero-order chi connectivity index (χ0) is 14.8. The number of carbonyl (C=O) groups is 1. The minimum Gasteiger partial charge on any atom is -0.376 e. The smallest absolute Gasteiger partial charge is 0.241 e. The number of ether oxygens (including phenoxy) is 1. The Morgan fingerprint density at radius 2 is 2.29 bits per heavy atom. The summed E-state index contributed by atoms with van der Waals surface area (Å²) in [4.78, 5) is 14.1. The fourth-order valence-electron chi connectivity index (χ4n) is 3.09. The van der Waals surface area contributed by atoms with Gasteiger partial charge in [0.05, 0.1) is 12.1 Å². The summed E-state index contributed by atoms with van der Waals surface area (Å²) in [6.07, 6.45) is 3.03. The van der Waals surface area contributed by atoms with Crippen LogP contribution in [0.25, 0.3) is 0 Å². The average Bonchev–Trinajstić information content (AvgIpc) is 2.77. The molecule has 5 heteroatoms. The van der Waals surface area contributed by atoms with Gasteiger partial charge in [-0.25, -0.2) is 4.39 Å². The Labute approximate surface area is 124 Å². The molecule has 2 aliphatic rings. The van der Waals surface area contributed by atoms with Gasteiger partial charge in [-0.15, -0.1) is 0 Å². The number of rotatable bonds is 3. The lowest BCUT2D eigenvalue weighted by Crippen LogP contribution is -2.39. The van der Waals surface area contributed by atoms with Crippen molar-refractivity contribution in [3.63, 3.8) is 0 Å². The molecule has 1 amide bonds. The summed E-state index contributed by atoms with van der Waals surface area (Å²) in [5.41, 5.74) is 0.781. The normalized spacial score (nSPS) is 29.9. The van der Waals surface area contributed by atoms with E-state index in [0.29, 0.717) is 6.54 Å². The molecule has 3 rings (SSSR count). The lowest BCUT2D eigenvalue weighted by Gasteiger charge is -2.31. The first-order chi connectivity index (χ1) is 10.1. The molecule has 0 saturated carbocycles. The molecule has 21 heavy (non-hydrogen) atoms. The van der Waals surface area contributed by atoms with Gasteiger partial charge in [0.1, 0.15) is 12.0 Å². The number of amides is 1. The summed E-state index contributed by atoms with van der Waals surface area (Å²) in [5.74, 6) is -0.228.